The standard InChI is InChI=1S/C12H17ClN2O3S/c1-2-3-6-19(17,18)8-12(16)15-11-7-9(13)4-5-10(11)14/h4-5,7H,2-3,6,8,14H2,1H3,(H,15,16). The average Bonchev–Trinajstić information content (AvgIpc) is 2.30. The van der Waals surface area contributed by atoms with E-state index < -0.39 is 21.5 Å². The highest BCUT2D eigenvalue weighted by Gasteiger charge is 2.16. The van der Waals surface area contributed by atoms with Gasteiger partial charge in [-0.2, -0.15) is 0 Å². The zero-order valence-corrected chi connectivity index (χ0v) is 12.2. The Labute approximate surface area is 118 Å². The van der Waals surface area contributed by atoms with E-state index in [1.807, 2.05) is 6.92 Å². The van der Waals surface area contributed by atoms with E-state index in [4.69, 9.17) is 17.3 Å². The molecule has 0 spiro atoms. The van der Waals surface area contributed by atoms with Gasteiger partial charge in [-0.15, -0.1) is 0 Å². The molecule has 0 fully saturated rings. The van der Waals surface area contributed by atoms with Crippen LogP contribution in [0.5, 0.6) is 0 Å². The topological polar surface area (TPSA) is 89.3 Å². The summed E-state index contributed by atoms with van der Waals surface area (Å²) in [6, 6.07) is 4.61. The summed E-state index contributed by atoms with van der Waals surface area (Å²) in [5.41, 5.74) is 6.32. The molecule has 1 aromatic rings. The first-order chi connectivity index (χ1) is 8.84. The van der Waals surface area contributed by atoms with Gasteiger partial charge in [0.05, 0.1) is 17.1 Å². The van der Waals surface area contributed by atoms with Gasteiger partial charge in [0.25, 0.3) is 0 Å². The van der Waals surface area contributed by atoms with E-state index in [1.165, 1.54) is 6.07 Å². The minimum Gasteiger partial charge on any atom is -0.397 e. The van der Waals surface area contributed by atoms with Crippen molar-refractivity contribution in [2.24, 2.45) is 0 Å². The zero-order valence-electron chi connectivity index (χ0n) is 10.6. The maximum Gasteiger partial charge on any atom is 0.239 e. The molecule has 7 heteroatoms. The fourth-order valence-electron chi connectivity index (χ4n) is 1.46. The van der Waals surface area contributed by atoms with E-state index in [-0.39, 0.29) is 5.75 Å². The van der Waals surface area contributed by atoms with Gasteiger partial charge in [0, 0.05) is 5.02 Å². The molecule has 0 aliphatic rings. The Hall–Kier alpha value is -1.27. The number of hydrogen-bond donors (Lipinski definition) is 2. The smallest absolute Gasteiger partial charge is 0.239 e. The number of carbonyl (C=O) groups is 1. The number of nitrogens with two attached hydrogens (primary N) is 1. The Morgan fingerprint density at radius 1 is 1.42 bits per heavy atom. The molecule has 1 amide bonds. The highest BCUT2D eigenvalue weighted by atomic mass is 35.5. The third-order valence-electron chi connectivity index (χ3n) is 2.45. The van der Waals surface area contributed by atoms with Gasteiger partial charge >= 0.3 is 0 Å². The fraction of sp³-hybridized carbons (Fsp3) is 0.417. The third-order valence-corrected chi connectivity index (χ3v) is 4.30. The van der Waals surface area contributed by atoms with Crippen LogP contribution in [0.4, 0.5) is 11.4 Å². The molecule has 106 valence electrons. The van der Waals surface area contributed by atoms with Gasteiger partial charge in [-0.25, -0.2) is 8.42 Å². The van der Waals surface area contributed by atoms with Crippen LogP contribution in [0.2, 0.25) is 5.02 Å². The Bertz CT molecular complexity index is 558. The van der Waals surface area contributed by atoms with Crippen LogP contribution < -0.4 is 11.1 Å². The number of nitrogen functional groups attached to an aromatic ring is 1. The lowest BCUT2D eigenvalue weighted by atomic mass is 10.2. The van der Waals surface area contributed by atoms with Crippen molar-refractivity contribution in [1.29, 1.82) is 0 Å². The third kappa shape index (κ3) is 5.48. The molecule has 0 heterocycles. The first-order valence-electron chi connectivity index (χ1n) is 5.89. The summed E-state index contributed by atoms with van der Waals surface area (Å²) < 4.78 is 23.2. The van der Waals surface area contributed by atoms with Gasteiger partial charge in [0.2, 0.25) is 5.91 Å². The van der Waals surface area contributed by atoms with Gasteiger partial charge < -0.3 is 11.1 Å². The lowest BCUT2D eigenvalue weighted by Gasteiger charge is -2.09. The number of unbranched alkanes of at least 4 members (excludes halogenated alkanes) is 1. The predicted octanol–water partition coefficient (Wildman–Crippen LogP) is 2.08. The molecule has 0 aliphatic carbocycles. The van der Waals surface area contributed by atoms with Crippen molar-refractivity contribution in [1.82, 2.24) is 0 Å². The summed E-state index contributed by atoms with van der Waals surface area (Å²) in [7, 11) is -3.37. The normalized spacial score (nSPS) is 11.3. The molecular formula is C12H17ClN2O3S. The Balaban J connectivity index is 2.68. The Kier molecular flexibility index (Phi) is 5.62. The van der Waals surface area contributed by atoms with Crippen molar-refractivity contribution in [3.63, 3.8) is 0 Å². The molecule has 0 saturated heterocycles. The van der Waals surface area contributed by atoms with Crippen molar-refractivity contribution in [3.05, 3.63) is 23.2 Å². The van der Waals surface area contributed by atoms with Gasteiger partial charge in [-0.3, -0.25) is 4.79 Å². The van der Waals surface area contributed by atoms with Crippen molar-refractivity contribution >= 4 is 38.7 Å². The zero-order chi connectivity index (χ0) is 14.5. The molecule has 5 nitrogen and oxygen atoms in total. The summed E-state index contributed by atoms with van der Waals surface area (Å²) in [6.07, 6.45) is 1.32. The lowest BCUT2D eigenvalue weighted by molar-refractivity contribution is -0.113. The van der Waals surface area contributed by atoms with Gasteiger partial charge in [0.15, 0.2) is 9.84 Å². The summed E-state index contributed by atoms with van der Waals surface area (Å²) in [4.78, 5) is 11.7. The van der Waals surface area contributed by atoms with Crippen molar-refractivity contribution in [2.75, 3.05) is 22.6 Å². The van der Waals surface area contributed by atoms with E-state index in [2.05, 4.69) is 5.32 Å². The fourth-order valence-corrected chi connectivity index (χ4v) is 2.98. The summed E-state index contributed by atoms with van der Waals surface area (Å²) in [5, 5.41) is 2.87. The molecule has 0 bridgehead atoms. The number of anilines is 2. The largest absolute Gasteiger partial charge is 0.397 e. The second-order valence-corrected chi connectivity index (χ2v) is 6.85. The van der Waals surface area contributed by atoms with Crippen molar-refractivity contribution < 1.29 is 13.2 Å². The van der Waals surface area contributed by atoms with Crippen LogP contribution in [0.15, 0.2) is 18.2 Å². The van der Waals surface area contributed by atoms with E-state index in [0.717, 1.165) is 6.42 Å². The maximum atomic E-state index is 11.7. The van der Waals surface area contributed by atoms with E-state index >= 15 is 0 Å². The van der Waals surface area contributed by atoms with E-state index in [9.17, 15) is 13.2 Å². The molecule has 3 N–H and O–H groups in total. The Morgan fingerprint density at radius 2 is 2.11 bits per heavy atom. The van der Waals surface area contributed by atoms with Crippen LogP contribution in [0.25, 0.3) is 0 Å². The number of sulfone groups is 1. The van der Waals surface area contributed by atoms with Crippen LogP contribution in [-0.4, -0.2) is 25.8 Å². The molecule has 0 atom stereocenters. The Morgan fingerprint density at radius 3 is 2.74 bits per heavy atom. The van der Waals surface area contributed by atoms with Crippen LogP contribution >= 0.6 is 11.6 Å². The quantitative estimate of drug-likeness (QED) is 0.787. The molecular weight excluding hydrogens is 288 g/mol. The second-order valence-electron chi connectivity index (χ2n) is 4.23. The van der Waals surface area contributed by atoms with Crippen molar-refractivity contribution in [3.8, 4) is 0 Å². The first-order valence-corrected chi connectivity index (χ1v) is 8.09. The molecule has 1 aromatic carbocycles. The molecule has 1 rings (SSSR count). The van der Waals surface area contributed by atoms with E-state index in [0.29, 0.717) is 22.8 Å². The van der Waals surface area contributed by atoms with E-state index in [1.54, 1.807) is 12.1 Å². The lowest BCUT2D eigenvalue weighted by Crippen LogP contribution is -2.25. The number of amides is 1. The van der Waals surface area contributed by atoms with Crippen LogP contribution in [0.1, 0.15) is 19.8 Å². The molecule has 0 unspecified atom stereocenters. The summed E-state index contributed by atoms with van der Waals surface area (Å²) in [5.74, 6) is -1.13. The van der Waals surface area contributed by atoms with Crippen LogP contribution in [0, 0.1) is 0 Å². The molecule has 0 radical (unpaired) electrons. The monoisotopic (exact) mass is 304 g/mol. The first kappa shape index (κ1) is 15.8. The maximum absolute atomic E-state index is 11.7. The molecule has 0 aliphatic heterocycles. The number of rotatable bonds is 6. The average molecular weight is 305 g/mol. The molecule has 0 saturated carbocycles. The number of benzene rings is 1. The summed E-state index contributed by atoms with van der Waals surface area (Å²) >= 11 is 5.78. The van der Waals surface area contributed by atoms with Gasteiger partial charge in [0.1, 0.15) is 5.75 Å². The van der Waals surface area contributed by atoms with Gasteiger partial charge in [-0.05, 0) is 24.6 Å². The second kappa shape index (κ2) is 6.77. The minimum absolute atomic E-state index is 0.0158. The van der Waals surface area contributed by atoms with Crippen molar-refractivity contribution in [2.45, 2.75) is 19.8 Å². The summed E-state index contributed by atoms with van der Waals surface area (Å²) in [6.45, 7) is 1.89. The number of nitrogens with one attached hydrogen (secondary N) is 1. The highest BCUT2D eigenvalue weighted by molar-refractivity contribution is 7.92. The van der Waals surface area contributed by atoms with Crippen LogP contribution in [0.3, 0.4) is 0 Å². The highest BCUT2D eigenvalue weighted by Crippen LogP contribution is 2.22. The number of carbonyl (C=O) groups excluding carboxylic acids is 1. The van der Waals surface area contributed by atoms with Gasteiger partial charge in [-0.1, -0.05) is 24.9 Å². The number of hydrogen-bond acceptors (Lipinski definition) is 4. The number of halogens is 1. The predicted molar refractivity (Wildman–Crippen MR) is 78.1 cm³/mol. The minimum atomic E-state index is -3.37. The van der Waals surface area contributed by atoms with Crippen LogP contribution in [-0.2, 0) is 14.6 Å². The molecule has 19 heavy (non-hydrogen) atoms. The molecule has 0 aromatic heterocycles. The SMILES string of the molecule is CCCCS(=O)(=O)CC(=O)Nc1cc(Cl)ccc1N.